The summed E-state index contributed by atoms with van der Waals surface area (Å²) in [5.74, 6) is 0.432. The Hall–Kier alpha value is -2.46. The van der Waals surface area contributed by atoms with Crippen LogP contribution in [0.1, 0.15) is 32.3 Å². The SMILES string of the molecule is COc1ccc(S(=O)(=O)N(CC(C)C)C[C@@H](O)[C@H](Cc2ccccc2)NC(=O)[C@H]2CCCN2)cc1. The Bertz CT molecular complexity index is 1040. The lowest BCUT2D eigenvalue weighted by molar-refractivity contribution is -0.124. The number of methoxy groups -OCH3 is 1. The number of nitrogens with one attached hydrogen (secondary N) is 2. The maximum Gasteiger partial charge on any atom is 0.243 e. The van der Waals surface area contributed by atoms with Gasteiger partial charge in [-0.15, -0.1) is 0 Å². The second-order valence-electron chi connectivity index (χ2n) is 9.41. The first kappa shape index (κ1) is 27.1. The van der Waals surface area contributed by atoms with Crippen molar-refractivity contribution in [3.63, 3.8) is 0 Å². The molecule has 1 fully saturated rings. The molecular formula is C26H37N3O5S. The summed E-state index contributed by atoms with van der Waals surface area (Å²) in [6.07, 6.45) is 0.947. The van der Waals surface area contributed by atoms with Crippen molar-refractivity contribution in [1.82, 2.24) is 14.9 Å². The zero-order chi connectivity index (χ0) is 25.4. The molecule has 1 heterocycles. The van der Waals surface area contributed by atoms with Crippen LogP contribution >= 0.6 is 0 Å². The molecule has 2 aromatic carbocycles. The van der Waals surface area contributed by atoms with E-state index in [1.807, 2.05) is 44.2 Å². The quantitative estimate of drug-likeness (QED) is 0.410. The smallest absolute Gasteiger partial charge is 0.243 e. The number of aliphatic hydroxyl groups is 1. The van der Waals surface area contributed by atoms with Crippen LogP contribution in [0.5, 0.6) is 5.75 Å². The molecule has 0 bridgehead atoms. The van der Waals surface area contributed by atoms with Gasteiger partial charge in [-0.05, 0) is 61.6 Å². The van der Waals surface area contributed by atoms with E-state index < -0.39 is 22.2 Å². The third kappa shape index (κ3) is 7.51. The van der Waals surface area contributed by atoms with Crippen LogP contribution < -0.4 is 15.4 Å². The molecule has 8 nitrogen and oxygen atoms in total. The van der Waals surface area contributed by atoms with Gasteiger partial charge in [-0.2, -0.15) is 4.31 Å². The van der Waals surface area contributed by atoms with E-state index in [9.17, 15) is 18.3 Å². The third-order valence-corrected chi connectivity index (χ3v) is 7.97. The number of carbonyl (C=O) groups is 1. The van der Waals surface area contributed by atoms with Crippen molar-refractivity contribution in [2.24, 2.45) is 5.92 Å². The molecule has 0 aromatic heterocycles. The highest BCUT2D eigenvalue weighted by Crippen LogP contribution is 2.22. The molecule has 0 saturated carbocycles. The first-order valence-electron chi connectivity index (χ1n) is 12.1. The molecule has 2 aromatic rings. The van der Waals surface area contributed by atoms with Gasteiger partial charge in [0.25, 0.3) is 0 Å². The van der Waals surface area contributed by atoms with E-state index in [0.29, 0.717) is 12.2 Å². The first-order chi connectivity index (χ1) is 16.7. The maximum absolute atomic E-state index is 13.5. The minimum absolute atomic E-state index is 0.0417. The third-order valence-electron chi connectivity index (χ3n) is 6.12. The number of nitrogens with zero attached hydrogens (tertiary/aromatic N) is 1. The molecule has 3 atom stereocenters. The zero-order valence-corrected chi connectivity index (χ0v) is 21.5. The average Bonchev–Trinajstić information content (AvgIpc) is 3.39. The summed E-state index contributed by atoms with van der Waals surface area (Å²) < 4.78 is 33.4. The highest BCUT2D eigenvalue weighted by Gasteiger charge is 2.32. The van der Waals surface area contributed by atoms with Crippen LogP contribution in [0, 0.1) is 5.92 Å². The summed E-state index contributed by atoms with van der Waals surface area (Å²) in [6, 6.07) is 14.8. The summed E-state index contributed by atoms with van der Waals surface area (Å²) in [6.45, 7) is 4.74. The monoisotopic (exact) mass is 503 g/mol. The molecule has 3 N–H and O–H groups in total. The fourth-order valence-corrected chi connectivity index (χ4v) is 5.88. The van der Waals surface area contributed by atoms with Crippen LogP contribution in [0.3, 0.4) is 0 Å². The van der Waals surface area contributed by atoms with Crippen LogP contribution in [0.15, 0.2) is 59.5 Å². The normalized spacial score (nSPS) is 17.9. The molecule has 1 saturated heterocycles. The molecule has 0 radical (unpaired) electrons. The van der Waals surface area contributed by atoms with Crippen molar-refractivity contribution in [3.05, 3.63) is 60.2 Å². The van der Waals surface area contributed by atoms with Gasteiger partial charge in [-0.25, -0.2) is 8.42 Å². The van der Waals surface area contributed by atoms with E-state index in [0.717, 1.165) is 24.9 Å². The summed E-state index contributed by atoms with van der Waals surface area (Å²) in [5, 5.41) is 17.4. The van der Waals surface area contributed by atoms with Crippen molar-refractivity contribution in [2.45, 2.75) is 56.2 Å². The number of ether oxygens (including phenoxy) is 1. The van der Waals surface area contributed by atoms with Gasteiger partial charge in [0.05, 0.1) is 30.2 Å². The molecule has 9 heteroatoms. The Kier molecular flexibility index (Phi) is 9.68. The number of benzene rings is 2. The van der Waals surface area contributed by atoms with Crippen LogP contribution in [0.25, 0.3) is 0 Å². The van der Waals surface area contributed by atoms with E-state index >= 15 is 0 Å². The number of hydrogen-bond acceptors (Lipinski definition) is 6. The molecule has 3 rings (SSSR count). The maximum atomic E-state index is 13.5. The molecule has 1 amide bonds. The van der Waals surface area contributed by atoms with E-state index in [1.165, 1.54) is 23.5 Å². The Morgan fingerprint density at radius 2 is 1.83 bits per heavy atom. The van der Waals surface area contributed by atoms with Gasteiger partial charge in [0.2, 0.25) is 15.9 Å². The molecular weight excluding hydrogens is 466 g/mol. The van der Waals surface area contributed by atoms with Crippen LogP contribution in [0.2, 0.25) is 0 Å². The van der Waals surface area contributed by atoms with Gasteiger partial charge in [-0.3, -0.25) is 4.79 Å². The largest absolute Gasteiger partial charge is 0.497 e. The second-order valence-corrected chi connectivity index (χ2v) is 11.4. The molecule has 35 heavy (non-hydrogen) atoms. The lowest BCUT2D eigenvalue weighted by Gasteiger charge is -2.31. The number of hydrogen-bond donors (Lipinski definition) is 3. The molecule has 0 spiro atoms. The zero-order valence-electron chi connectivity index (χ0n) is 20.7. The van der Waals surface area contributed by atoms with E-state index in [1.54, 1.807) is 12.1 Å². The van der Waals surface area contributed by atoms with Gasteiger partial charge >= 0.3 is 0 Å². The van der Waals surface area contributed by atoms with Crippen molar-refractivity contribution in [1.29, 1.82) is 0 Å². The van der Waals surface area contributed by atoms with Crippen molar-refractivity contribution in [3.8, 4) is 5.75 Å². The highest BCUT2D eigenvalue weighted by molar-refractivity contribution is 7.89. The summed E-state index contributed by atoms with van der Waals surface area (Å²) in [7, 11) is -2.35. The van der Waals surface area contributed by atoms with Gasteiger partial charge < -0.3 is 20.5 Å². The fraction of sp³-hybridized carbons (Fsp3) is 0.500. The van der Waals surface area contributed by atoms with E-state index in [4.69, 9.17) is 4.74 Å². The molecule has 1 aliphatic rings. The summed E-state index contributed by atoms with van der Waals surface area (Å²) >= 11 is 0. The Morgan fingerprint density at radius 1 is 1.14 bits per heavy atom. The molecule has 0 aliphatic carbocycles. The van der Waals surface area contributed by atoms with Crippen LogP contribution in [-0.4, -0.2) is 68.7 Å². The van der Waals surface area contributed by atoms with Crippen LogP contribution in [0.4, 0.5) is 0 Å². The Morgan fingerprint density at radius 3 is 2.40 bits per heavy atom. The minimum Gasteiger partial charge on any atom is -0.497 e. The number of sulfonamides is 1. The minimum atomic E-state index is -3.87. The first-order valence-corrected chi connectivity index (χ1v) is 13.5. The van der Waals surface area contributed by atoms with Gasteiger partial charge in [0.15, 0.2) is 0 Å². The summed E-state index contributed by atoms with van der Waals surface area (Å²) in [5.41, 5.74) is 0.949. The predicted molar refractivity (Wildman–Crippen MR) is 136 cm³/mol. The van der Waals surface area contributed by atoms with Gasteiger partial charge in [0.1, 0.15) is 5.75 Å². The van der Waals surface area contributed by atoms with Crippen molar-refractivity contribution < 1.29 is 23.1 Å². The number of carbonyl (C=O) groups excluding carboxylic acids is 1. The number of amides is 1. The molecule has 1 aliphatic heterocycles. The number of aliphatic hydroxyl groups excluding tert-OH is 1. The van der Waals surface area contributed by atoms with E-state index in [2.05, 4.69) is 10.6 Å². The summed E-state index contributed by atoms with van der Waals surface area (Å²) in [4.78, 5) is 13.0. The highest BCUT2D eigenvalue weighted by atomic mass is 32.2. The average molecular weight is 504 g/mol. The molecule has 0 unspecified atom stereocenters. The van der Waals surface area contributed by atoms with Crippen molar-refractivity contribution >= 4 is 15.9 Å². The van der Waals surface area contributed by atoms with Crippen LogP contribution in [-0.2, 0) is 21.2 Å². The topological polar surface area (TPSA) is 108 Å². The fourth-order valence-electron chi connectivity index (χ4n) is 4.25. The lowest BCUT2D eigenvalue weighted by Crippen LogP contribution is -2.54. The second kappa shape index (κ2) is 12.5. The van der Waals surface area contributed by atoms with Gasteiger partial charge in [0, 0.05) is 13.1 Å². The Labute approximate surface area is 208 Å². The number of rotatable bonds is 12. The molecule has 192 valence electrons. The lowest BCUT2D eigenvalue weighted by atomic mass is 10.00. The van der Waals surface area contributed by atoms with Gasteiger partial charge in [-0.1, -0.05) is 44.2 Å². The Balaban J connectivity index is 1.83. The standard InChI is InChI=1S/C26H37N3O5S/c1-19(2)17-29(35(32,33)22-13-11-21(34-3)12-14-22)18-25(30)24(16-20-8-5-4-6-9-20)28-26(31)23-10-7-15-27-23/h4-6,8-9,11-14,19,23-25,27,30H,7,10,15-18H2,1-3H3,(H,28,31)/t23-,24+,25-/m1/s1. The van der Waals surface area contributed by atoms with E-state index in [-0.39, 0.29) is 35.9 Å². The van der Waals surface area contributed by atoms with Crippen molar-refractivity contribution in [2.75, 3.05) is 26.7 Å². The predicted octanol–water partition coefficient (Wildman–Crippen LogP) is 2.18.